The molecule has 0 bridgehead atoms. The van der Waals surface area contributed by atoms with Crippen LogP contribution in [0.15, 0.2) is 42.5 Å². The molecular weight excluding hydrogens is 448 g/mol. The van der Waals surface area contributed by atoms with Gasteiger partial charge in [0.1, 0.15) is 17.4 Å². The Hall–Kier alpha value is -3.25. The zero-order chi connectivity index (χ0) is 23.3. The molecule has 0 unspecified atom stereocenters. The van der Waals surface area contributed by atoms with Crippen molar-refractivity contribution in [1.82, 2.24) is 5.32 Å². The Morgan fingerprint density at radius 1 is 1.12 bits per heavy atom. The fourth-order valence-electron chi connectivity index (χ4n) is 4.93. The maximum Gasteiger partial charge on any atom is 0.251 e. The molecule has 0 radical (unpaired) electrons. The summed E-state index contributed by atoms with van der Waals surface area (Å²) in [6.07, 6.45) is 2.64. The first-order valence-electron chi connectivity index (χ1n) is 10.7. The van der Waals surface area contributed by atoms with Gasteiger partial charge in [-0.15, -0.1) is 0 Å². The average molecular weight is 468 g/mol. The standard InChI is InChI=1S/C26H20ClF2NO3/c1-30-25(32)17-10-14-6-5-9-16(14)24(29)22(17)21-18-12-26(13-31,15-7-3-2-4-8-15)33-20(18)11-19(28)23(21)27/h2-4,7-8,10-11,13H,5-6,9,12H2,1H3,(H,30,32)/t26-/m1/s1. The summed E-state index contributed by atoms with van der Waals surface area (Å²) in [5.41, 5.74) is 0.909. The van der Waals surface area contributed by atoms with E-state index in [4.69, 9.17) is 16.3 Å². The zero-order valence-corrected chi connectivity index (χ0v) is 18.6. The summed E-state index contributed by atoms with van der Waals surface area (Å²) in [5, 5.41) is 2.22. The number of fused-ring (bicyclic) bond motifs is 2. The van der Waals surface area contributed by atoms with Crippen LogP contribution in [-0.4, -0.2) is 19.2 Å². The quantitative estimate of drug-likeness (QED) is 0.539. The lowest BCUT2D eigenvalue weighted by atomic mass is 9.85. The summed E-state index contributed by atoms with van der Waals surface area (Å²) in [6.45, 7) is 0. The van der Waals surface area contributed by atoms with Crippen LogP contribution in [0.2, 0.25) is 5.02 Å². The summed E-state index contributed by atoms with van der Waals surface area (Å²) in [6, 6.07) is 11.6. The number of nitrogens with one attached hydrogen (secondary N) is 1. The highest BCUT2D eigenvalue weighted by Gasteiger charge is 2.44. The molecule has 0 saturated carbocycles. The van der Waals surface area contributed by atoms with E-state index in [1.54, 1.807) is 30.3 Å². The summed E-state index contributed by atoms with van der Waals surface area (Å²) in [5.74, 6) is -1.80. The first-order valence-corrected chi connectivity index (χ1v) is 11.1. The number of aldehydes is 1. The van der Waals surface area contributed by atoms with E-state index in [2.05, 4.69) is 5.32 Å². The molecule has 0 aromatic heterocycles. The number of hydrogen-bond donors (Lipinski definition) is 1. The fraction of sp³-hybridized carbons (Fsp3) is 0.231. The predicted octanol–water partition coefficient (Wildman–Crippen LogP) is 5.16. The minimum Gasteiger partial charge on any atom is -0.474 e. The Bertz CT molecular complexity index is 1310. The largest absolute Gasteiger partial charge is 0.474 e. The van der Waals surface area contributed by atoms with Gasteiger partial charge in [0, 0.05) is 41.8 Å². The summed E-state index contributed by atoms with van der Waals surface area (Å²) >= 11 is 6.42. The van der Waals surface area contributed by atoms with Crippen LogP contribution in [-0.2, 0) is 29.7 Å². The number of amides is 1. The van der Waals surface area contributed by atoms with E-state index in [9.17, 15) is 14.0 Å². The third kappa shape index (κ3) is 3.23. The molecule has 1 aliphatic carbocycles. The second-order valence-electron chi connectivity index (χ2n) is 8.36. The number of ether oxygens (including phenoxy) is 1. The first kappa shape index (κ1) is 21.6. The Morgan fingerprint density at radius 3 is 2.58 bits per heavy atom. The molecule has 1 amide bonds. The molecule has 1 aliphatic heterocycles. The van der Waals surface area contributed by atoms with Gasteiger partial charge in [-0.2, -0.15) is 0 Å². The van der Waals surface area contributed by atoms with Crippen LogP contribution < -0.4 is 10.1 Å². The minimum absolute atomic E-state index is 0.0227. The molecule has 4 nitrogen and oxygen atoms in total. The number of halogens is 3. The van der Waals surface area contributed by atoms with E-state index in [0.717, 1.165) is 18.1 Å². The van der Waals surface area contributed by atoms with Crippen LogP contribution in [0.3, 0.4) is 0 Å². The van der Waals surface area contributed by atoms with Crippen LogP contribution in [0, 0.1) is 11.6 Å². The maximum absolute atomic E-state index is 15.9. The highest BCUT2D eigenvalue weighted by Crippen LogP contribution is 2.50. The molecule has 3 aromatic carbocycles. The van der Waals surface area contributed by atoms with Gasteiger partial charge in [-0.1, -0.05) is 41.9 Å². The molecule has 1 N–H and O–H groups in total. The molecule has 33 heavy (non-hydrogen) atoms. The Labute approximate surface area is 194 Å². The van der Waals surface area contributed by atoms with Crippen molar-refractivity contribution < 1.29 is 23.1 Å². The summed E-state index contributed by atoms with van der Waals surface area (Å²) in [4.78, 5) is 25.0. The topological polar surface area (TPSA) is 55.4 Å². The van der Waals surface area contributed by atoms with Gasteiger partial charge in [0.15, 0.2) is 11.9 Å². The zero-order valence-electron chi connectivity index (χ0n) is 17.8. The van der Waals surface area contributed by atoms with Gasteiger partial charge in [-0.05, 0) is 36.5 Å². The second kappa shape index (κ2) is 7.96. The minimum atomic E-state index is -1.41. The van der Waals surface area contributed by atoms with E-state index >= 15 is 4.39 Å². The van der Waals surface area contributed by atoms with Crippen LogP contribution >= 0.6 is 11.6 Å². The van der Waals surface area contributed by atoms with Crippen molar-refractivity contribution in [2.24, 2.45) is 0 Å². The van der Waals surface area contributed by atoms with Gasteiger partial charge >= 0.3 is 0 Å². The number of benzene rings is 3. The fourth-order valence-corrected chi connectivity index (χ4v) is 5.19. The molecule has 3 aromatic rings. The number of aryl methyl sites for hydroxylation is 1. The third-order valence-electron chi connectivity index (χ3n) is 6.53. The first-order chi connectivity index (χ1) is 15.9. The van der Waals surface area contributed by atoms with Crippen molar-refractivity contribution in [2.75, 3.05) is 7.05 Å². The monoisotopic (exact) mass is 467 g/mol. The number of carbonyl (C=O) groups is 2. The van der Waals surface area contributed by atoms with Crippen LogP contribution in [0.1, 0.15) is 39.0 Å². The van der Waals surface area contributed by atoms with Crippen molar-refractivity contribution in [1.29, 1.82) is 0 Å². The lowest BCUT2D eigenvalue weighted by Gasteiger charge is -2.22. The summed E-state index contributed by atoms with van der Waals surface area (Å²) < 4.78 is 36.9. The number of rotatable bonds is 4. The molecule has 5 rings (SSSR count). The molecule has 1 atom stereocenters. The second-order valence-corrected chi connectivity index (χ2v) is 8.74. The number of hydrogen-bond acceptors (Lipinski definition) is 3. The van der Waals surface area contributed by atoms with Crippen molar-refractivity contribution in [2.45, 2.75) is 31.3 Å². The Morgan fingerprint density at radius 2 is 1.88 bits per heavy atom. The van der Waals surface area contributed by atoms with E-state index in [1.807, 2.05) is 6.07 Å². The van der Waals surface area contributed by atoms with Crippen molar-refractivity contribution >= 4 is 23.8 Å². The third-order valence-corrected chi connectivity index (χ3v) is 6.89. The van der Waals surface area contributed by atoms with Crippen LogP contribution in [0.5, 0.6) is 5.75 Å². The normalized spacial score (nSPS) is 18.4. The van der Waals surface area contributed by atoms with Gasteiger partial charge in [-0.3, -0.25) is 9.59 Å². The van der Waals surface area contributed by atoms with Crippen LogP contribution in [0.4, 0.5) is 8.78 Å². The SMILES string of the molecule is CNC(=O)c1cc2c(c(F)c1-c1c(Cl)c(F)cc3c1C[C@@](C=O)(c1ccccc1)O3)CCC2. The van der Waals surface area contributed by atoms with E-state index in [1.165, 1.54) is 7.05 Å². The molecule has 7 heteroatoms. The van der Waals surface area contributed by atoms with Crippen molar-refractivity contribution in [3.63, 3.8) is 0 Å². The molecule has 168 valence electrons. The smallest absolute Gasteiger partial charge is 0.251 e. The van der Waals surface area contributed by atoms with E-state index in [0.29, 0.717) is 35.8 Å². The predicted molar refractivity (Wildman–Crippen MR) is 121 cm³/mol. The number of carbonyl (C=O) groups excluding carboxylic acids is 2. The lowest BCUT2D eigenvalue weighted by Crippen LogP contribution is -2.33. The molecule has 0 spiro atoms. The molecule has 2 aliphatic rings. The van der Waals surface area contributed by atoms with Gasteiger partial charge in [0.05, 0.1) is 10.6 Å². The van der Waals surface area contributed by atoms with E-state index < -0.39 is 23.1 Å². The lowest BCUT2D eigenvalue weighted by molar-refractivity contribution is -0.120. The Kier molecular flexibility index (Phi) is 5.20. The molecule has 0 saturated heterocycles. The van der Waals surface area contributed by atoms with Crippen molar-refractivity contribution in [3.8, 4) is 16.9 Å². The van der Waals surface area contributed by atoms with E-state index in [-0.39, 0.29) is 33.9 Å². The highest BCUT2D eigenvalue weighted by molar-refractivity contribution is 6.34. The van der Waals surface area contributed by atoms with Crippen molar-refractivity contribution in [3.05, 3.63) is 86.9 Å². The average Bonchev–Trinajstić information content (AvgIpc) is 3.46. The highest BCUT2D eigenvalue weighted by atomic mass is 35.5. The Balaban J connectivity index is 1.79. The molecule has 1 heterocycles. The summed E-state index contributed by atoms with van der Waals surface area (Å²) in [7, 11) is 1.45. The van der Waals surface area contributed by atoms with Gasteiger partial charge in [0.25, 0.3) is 5.91 Å². The van der Waals surface area contributed by atoms with Gasteiger partial charge in [0.2, 0.25) is 0 Å². The van der Waals surface area contributed by atoms with Gasteiger partial charge in [-0.25, -0.2) is 8.78 Å². The maximum atomic E-state index is 15.9. The van der Waals surface area contributed by atoms with Crippen LogP contribution in [0.25, 0.3) is 11.1 Å². The molecule has 0 fully saturated rings. The van der Waals surface area contributed by atoms with Gasteiger partial charge < -0.3 is 10.1 Å². The molecular formula is C26H20ClF2NO3.